The lowest BCUT2D eigenvalue weighted by molar-refractivity contribution is 0.212. The number of allylic oxidation sites excluding steroid dienone is 1. The van der Waals surface area contributed by atoms with Gasteiger partial charge in [0.25, 0.3) is 0 Å². The maximum absolute atomic E-state index is 3.83. The molecular weight excluding hydrogens is 230 g/mol. The Morgan fingerprint density at radius 1 is 1.21 bits per heavy atom. The Morgan fingerprint density at radius 3 is 2.68 bits per heavy atom. The minimum absolute atomic E-state index is 0.524. The maximum Gasteiger partial charge on any atom is 0.0312 e. The zero-order valence-corrected chi connectivity index (χ0v) is 13.3. The smallest absolute Gasteiger partial charge is 0.0312 e. The summed E-state index contributed by atoms with van der Waals surface area (Å²) in [5.41, 5.74) is 2.26. The molecule has 1 nitrogen and oxygen atoms in total. The molecule has 0 aliphatic heterocycles. The molecular formula is C18H33N. The number of likely N-dealkylation sites (N-methyl/N-ethyl adjacent to an activating group) is 1. The van der Waals surface area contributed by atoms with Gasteiger partial charge in [0, 0.05) is 6.04 Å². The van der Waals surface area contributed by atoms with E-state index < -0.39 is 0 Å². The van der Waals surface area contributed by atoms with Crippen molar-refractivity contribution in [1.82, 2.24) is 5.32 Å². The molecule has 2 atom stereocenters. The summed E-state index contributed by atoms with van der Waals surface area (Å²) in [7, 11) is 0. The highest BCUT2D eigenvalue weighted by atomic mass is 14.9. The summed E-state index contributed by atoms with van der Waals surface area (Å²) in [4.78, 5) is 0. The van der Waals surface area contributed by atoms with E-state index in [0.29, 0.717) is 11.5 Å². The first-order valence-electron chi connectivity index (χ1n) is 8.57. The predicted octanol–water partition coefficient (Wildman–Crippen LogP) is 5.07. The molecule has 0 aromatic carbocycles. The zero-order valence-electron chi connectivity index (χ0n) is 13.3. The van der Waals surface area contributed by atoms with E-state index in [0.717, 1.165) is 12.5 Å². The molecule has 0 amide bonds. The Morgan fingerprint density at radius 2 is 2.00 bits per heavy atom. The number of rotatable bonds is 4. The summed E-state index contributed by atoms with van der Waals surface area (Å²) in [6, 6.07) is 0.653. The molecule has 0 heterocycles. The summed E-state index contributed by atoms with van der Waals surface area (Å²) in [5, 5.41) is 3.83. The average Bonchev–Trinajstić information content (AvgIpc) is 2.66. The van der Waals surface area contributed by atoms with Crippen molar-refractivity contribution in [1.29, 1.82) is 0 Å². The quantitative estimate of drug-likeness (QED) is 0.698. The Bertz CT molecular complexity index is 303. The van der Waals surface area contributed by atoms with Gasteiger partial charge in [0.1, 0.15) is 0 Å². The van der Waals surface area contributed by atoms with Crippen molar-refractivity contribution in [2.45, 2.75) is 84.6 Å². The van der Waals surface area contributed by atoms with Crippen LogP contribution < -0.4 is 5.32 Å². The highest BCUT2D eigenvalue weighted by Gasteiger charge is 2.40. The molecule has 0 spiro atoms. The molecule has 0 aromatic heterocycles. The molecule has 1 N–H and O–H groups in total. The lowest BCUT2D eigenvalue weighted by Gasteiger charge is -2.37. The third-order valence-corrected chi connectivity index (χ3v) is 5.39. The van der Waals surface area contributed by atoms with Crippen LogP contribution >= 0.6 is 0 Å². The van der Waals surface area contributed by atoms with Crippen LogP contribution in [0.15, 0.2) is 11.6 Å². The van der Waals surface area contributed by atoms with Crippen molar-refractivity contribution in [3.05, 3.63) is 11.6 Å². The van der Waals surface area contributed by atoms with Gasteiger partial charge in [-0.25, -0.2) is 0 Å². The van der Waals surface area contributed by atoms with E-state index in [9.17, 15) is 0 Å². The monoisotopic (exact) mass is 263 g/mol. The summed E-state index contributed by atoms with van der Waals surface area (Å²) in [6.07, 6.45) is 15.2. The summed E-state index contributed by atoms with van der Waals surface area (Å²) < 4.78 is 0. The number of hydrogen-bond acceptors (Lipinski definition) is 1. The fourth-order valence-electron chi connectivity index (χ4n) is 4.22. The first kappa shape index (κ1) is 15.1. The lowest BCUT2D eigenvalue weighted by atomic mass is 9.74. The highest BCUT2D eigenvalue weighted by Crippen LogP contribution is 2.46. The molecule has 1 fully saturated rings. The van der Waals surface area contributed by atoms with Crippen LogP contribution in [0.4, 0.5) is 0 Å². The second kappa shape index (κ2) is 6.92. The summed E-state index contributed by atoms with van der Waals surface area (Å²) >= 11 is 0. The summed E-state index contributed by atoms with van der Waals surface area (Å²) in [5.74, 6) is 0.845. The van der Waals surface area contributed by atoms with Gasteiger partial charge in [-0.2, -0.15) is 0 Å². The summed E-state index contributed by atoms with van der Waals surface area (Å²) in [6.45, 7) is 8.34. The van der Waals surface area contributed by atoms with Gasteiger partial charge in [0.15, 0.2) is 0 Å². The Balaban J connectivity index is 2.13. The third-order valence-electron chi connectivity index (χ3n) is 5.39. The van der Waals surface area contributed by atoms with Crippen LogP contribution in [0.2, 0.25) is 0 Å². The van der Waals surface area contributed by atoms with E-state index in [1.165, 1.54) is 57.8 Å². The van der Waals surface area contributed by atoms with Crippen molar-refractivity contribution in [3.8, 4) is 0 Å². The molecule has 1 heteroatoms. The largest absolute Gasteiger partial charge is 0.310 e. The van der Waals surface area contributed by atoms with Gasteiger partial charge in [0.05, 0.1) is 0 Å². The molecule has 0 aromatic rings. The molecule has 2 aliphatic carbocycles. The molecule has 2 unspecified atom stereocenters. The van der Waals surface area contributed by atoms with Crippen molar-refractivity contribution < 1.29 is 0 Å². The van der Waals surface area contributed by atoms with Gasteiger partial charge in [-0.05, 0) is 56.4 Å². The normalized spacial score (nSPS) is 29.4. The van der Waals surface area contributed by atoms with Crippen molar-refractivity contribution in [3.63, 3.8) is 0 Å². The number of hydrogen-bond donors (Lipinski definition) is 1. The first-order valence-corrected chi connectivity index (χ1v) is 8.57. The molecule has 110 valence electrons. The van der Waals surface area contributed by atoms with Crippen molar-refractivity contribution in [2.24, 2.45) is 11.3 Å². The second-order valence-corrected chi connectivity index (χ2v) is 7.25. The van der Waals surface area contributed by atoms with Gasteiger partial charge < -0.3 is 5.32 Å². The van der Waals surface area contributed by atoms with Gasteiger partial charge in [0.2, 0.25) is 0 Å². The SMILES string of the molecule is CCNC(C1=CCCCCCC1)C1CCCC1(C)C. The molecule has 2 aliphatic rings. The lowest BCUT2D eigenvalue weighted by Crippen LogP contribution is -2.42. The van der Waals surface area contributed by atoms with Crippen molar-refractivity contribution >= 4 is 0 Å². The molecule has 2 rings (SSSR count). The first-order chi connectivity index (χ1) is 9.15. The Labute approximate surface area is 120 Å². The third kappa shape index (κ3) is 3.84. The van der Waals surface area contributed by atoms with Gasteiger partial charge in [-0.15, -0.1) is 0 Å². The maximum atomic E-state index is 3.83. The second-order valence-electron chi connectivity index (χ2n) is 7.25. The predicted molar refractivity (Wildman–Crippen MR) is 84.4 cm³/mol. The van der Waals surface area contributed by atoms with E-state index >= 15 is 0 Å². The minimum atomic E-state index is 0.524. The van der Waals surface area contributed by atoms with Gasteiger partial charge in [-0.1, -0.05) is 51.7 Å². The van der Waals surface area contributed by atoms with Crippen LogP contribution in [0, 0.1) is 11.3 Å². The van der Waals surface area contributed by atoms with E-state index in [1.807, 2.05) is 0 Å². The van der Waals surface area contributed by atoms with Crippen molar-refractivity contribution in [2.75, 3.05) is 6.54 Å². The molecule has 1 saturated carbocycles. The topological polar surface area (TPSA) is 12.0 Å². The Hall–Kier alpha value is -0.300. The zero-order chi connectivity index (χ0) is 13.7. The van der Waals surface area contributed by atoms with E-state index in [1.54, 1.807) is 5.57 Å². The minimum Gasteiger partial charge on any atom is -0.310 e. The highest BCUT2D eigenvalue weighted by molar-refractivity contribution is 5.16. The number of nitrogens with one attached hydrogen (secondary N) is 1. The average molecular weight is 263 g/mol. The van der Waals surface area contributed by atoms with Gasteiger partial charge in [-0.3, -0.25) is 0 Å². The van der Waals surface area contributed by atoms with Crippen LogP contribution in [-0.4, -0.2) is 12.6 Å². The van der Waals surface area contributed by atoms with Crippen LogP contribution in [0.5, 0.6) is 0 Å². The van der Waals surface area contributed by atoms with Crippen LogP contribution in [0.3, 0.4) is 0 Å². The molecule has 0 bridgehead atoms. The van der Waals surface area contributed by atoms with E-state index in [-0.39, 0.29) is 0 Å². The molecule has 19 heavy (non-hydrogen) atoms. The van der Waals surface area contributed by atoms with Crippen LogP contribution in [0.1, 0.15) is 78.6 Å². The standard InChI is InChI=1S/C18H33N/c1-4-19-17(16-13-10-14-18(16,2)3)15-11-8-6-5-7-9-12-15/h11,16-17,19H,4-10,12-14H2,1-3H3. The van der Waals surface area contributed by atoms with Gasteiger partial charge >= 0.3 is 0 Å². The van der Waals surface area contributed by atoms with Crippen LogP contribution in [0.25, 0.3) is 0 Å². The van der Waals surface area contributed by atoms with E-state index in [2.05, 4.69) is 32.2 Å². The van der Waals surface area contributed by atoms with E-state index in [4.69, 9.17) is 0 Å². The van der Waals surface area contributed by atoms with Crippen LogP contribution in [-0.2, 0) is 0 Å². The fourth-order valence-corrected chi connectivity index (χ4v) is 4.22. The molecule has 0 saturated heterocycles. The molecule has 0 radical (unpaired) electrons. The fraction of sp³-hybridized carbons (Fsp3) is 0.889. The Kier molecular flexibility index (Phi) is 5.50.